The summed E-state index contributed by atoms with van der Waals surface area (Å²) in [5.74, 6) is -0.134. The van der Waals surface area contributed by atoms with Crippen LogP contribution < -0.4 is 5.32 Å². The Hall–Kier alpha value is -0.640. The van der Waals surface area contributed by atoms with Gasteiger partial charge in [-0.2, -0.15) is 0 Å². The van der Waals surface area contributed by atoms with E-state index in [1.807, 2.05) is 6.07 Å². The van der Waals surface area contributed by atoms with E-state index >= 15 is 0 Å². The molecule has 1 aromatic carbocycles. The highest BCUT2D eigenvalue weighted by Gasteiger charge is 2.33. The Kier molecular flexibility index (Phi) is 5.99. The summed E-state index contributed by atoms with van der Waals surface area (Å²) >= 11 is 0. The van der Waals surface area contributed by atoms with Crippen LogP contribution in [0.5, 0.6) is 0 Å². The number of hydrogen-bond acceptors (Lipinski definition) is 2. The van der Waals surface area contributed by atoms with Crippen molar-refractivity contribution in [3.05, 3.63) is 35.1 Å². The number of benzene rings is 1. The van der Waals surface area contributed by atoms with Crippen molar-refractivity contribution in [2.45, 2.75) is 33.7 Å². The first-order valence-electron chi connectivity index (χ1n) is 7.10. The molecule has 1 aromatic rings. The molecule has 0 radical (unpaired) electrons. The van der Waals surface area contributed by atoms with E-state index in [-0.39, 0.29) is 29.7 Å². The van der Waals surface area contributed by atoms with Crippen molar-refractivity contribution in [2.75, 3.05) is 26.2 Å². The average Bonchev–Trinajstić information content (AvgIpc) is 2.33. The van der Waals surface area contributed by atoms with Gasteiger partial charge in [-0.1, -0.05) is 26.8 Å². The summed E-state index contributed by atoms with van der Waals surface area (Å²) < 4.78 is 13.6. The van der Waals surface area contributed by atoms with Crippen LogP contribution in [-0.2, 0) is 0 Å². The molecule has 2 nitrogen and oxygen atoms in total. The molecular formula is C16H26ClFN2. The normalized spacial score (nSPS) is 18.4. The van der Waals surface area contributed by atoms with Crippen LogP contribution in [0.1, 0.15) is 37.9 Å². The van der Waals surface area contributed by atoms with E-state index in [2.05, 4.69) is 37.9 Å². The summed E-state index contributed by atoms with van der Waals surface area (Å²) in [4.78, 5) is 2.48. The molecule has 1 heterocycles. The summed E-state index contributed by atoms with van der Waals surface area (Å²) in [5.41, 5.74) is 2.41. The van der Waals surface area contributed by atoms with Crippen molar-refractivity contribution in [1.29, 1.82) is 0 Å². The SMILES string of the molecule is Cc1ccc(F)cc1[C@@H](N1CCNCC1)C(C)(C)C.Cl. The van der Waals surface area contributed by atoms with E-state index in [9.17, 15) is 4.39 Å². The molecule has 1 aliphatic heterocycles. The molecule has 4 heteroatoms. The lowest BCUT2D eigenvalue weighted by Crippen LogP contribution is -2.48. The molecule has 0 bridgehead atoms. The first-order valence-corrected chi connectivity index (χ1v) is 7.10. The van der Waals surface area contributed by atoms with Crippen molar-refractivity contribution in [1.82, 2.24) is 10.2 Å². The lowest BCUT2D eigenvalue weighted by atomic mass is 9.79. The van der Waals surface area contributed by atoms with E-state index in [1.54, 1.807) is 12.1 Å². The summed E-state index contributed by atoms with van der Waals surface area (Å²) in [5, 5.41) is 3.38. The molecule has 1 atom stereocenters. The summed E-state index contributed by atoms with van der Waals surface area (Å²) in [6.45, 7) is 12.9. The number of halogens is 2. The Labute approximate surface area is 128 Å². The Morgan fingerprint density at radius 1 is 1.20 bits per heavy atom. The Morgan fingerprint density at radius 2 is 1.80 bits per heavy atom. The van der Waals surface area contributed by atoms with Crippen LogP contribution in [0, 0.1) is 18.2 Å². The topological polar surface area (TPSA) is 15.3 Å². The number of nitrogens with one attached hydrogen (secondary N) is 1. The molecule has 0 unspecified atom stereocenters. The first-order chi connectivity index (χ1) is 8.89. The summed E-state index contributed by atoms with van der Waals surface area (Å²) in [6.07, 6.45) is 0. The maximum atomic E-state index is 13.6. The molecule has 114 valence electrons. The van der Waals surface area contributed by atoms with E-state index in [0.29, 0.717) is 0 Å². The van der Waals surface area contributed by atoms with E-state index < -0.39 is 0 Å². The lowest BCUT2D eigenvalue weighted by Gasteiger charge is -2.43. The van der Waals surface area contributed by atoms with Gasteiger partial charge in [0.15, 0.2) is 0 Å². The number of rotatable bonds is 2. The molecule has 1 N–H and O–H groups in total. The minimum Gasteiger partial charge on any atom is -0.314 e. The second kappa shape index (κ2) is 6.88. The predicted octanol–water partition coefficient (Wildman–Crippen LogP) is 3.55. The van der Waals surface area contributed by atoms with Crippen molar-refractivity contribution >= 4 is 12.4 Å². The van der Waals surface area contributed by atoms with Crippen LogP contribution >= 0.6 is 12.4 Å². The fraction of sp³-hybridized carbons (Fsp3) is 0.625. The Bertz CT molecular complexity index is 437. The van der Waals surface area contributed by atoms with Crippen LogP contribution in [0.3, 0.4) is 0 Å². The van der Waals surface area contributed by atoms with Crippen molar-refractivity contribution in [2.24, 2.45) is 5.41 Å². The van der Waals surface area contributed by atoms with Gasteiger partial charge in [-0.05, 0) is 35.6 Å². The molecule has 0 aromatic heterocycles. The molecule has 1 saturated heterocycles. The zero-order valence-electron chi connectivity index (χ0n) is 12.9. The molecule has 0 saturated carbocycles. The van der Waals surface area contributed by atoms with Crippen molar-refractivity contribution < 1.29 is 4.39 Å². The number of aryl methyl sites for hydroxylation is 1. The van der Waals surface area contributed by atoms with E-state index in [0.717, 1.165) is 31.7 Å². The molecule has 20 heavy (non-hydrogen) atoms. The van der Waals surface area contributed by atoms with Crippen LogP contribution in [0.25, 0.3) is 0 Å². The van der Waals surface area contributed by atoms with Gasteiger partial charge in [-0.3, -0.25) is 4.90 Å². The summed E-state index contributed by atoms with van der Waals surface area (Å²) in [6, 6.07) is 5.43. The monoisotopic (exact) mass is 300 g/mol. The maximum absolute atomic E-state index is 13.6. The molecule has 1 fully saturated rings. The summed E-state index contributed by atoms with van der Waals surface area (Å²) in [7, 11) is 0. The third-order valence-electron chi connectivity index (χ3n) is 3.87. The van der Waals surface area contributed by atoms with Crippen LogP contribution in [0.4, 0.5) is 4.39 Å². The fourth-order valence-electron chi connectivity index (χ4n) is 3.06. The molecule has 2 rings (SSSR count). The Balaban J connectivity index is 0.00000200. The minimum atomic E-state index is -0.134. The van der Waals surface area contributed by atoms with Crippen LogP contribution in [-0.4, -0.2) is 31.1 Å². The molecule has 0 aliphatic carbocycles. The van der Waals surface area contributed by atoms with Gasteiger partial charge >= 0.3 is 0 Å². The molecule has 0 spiro atoms. The van der Waals surface area contributed by atoms with Gasteiger partial charge in [-0.25, -0.2) is 4.39 Å². The predicted molar refractivity (Wildman–Crippen MR) is 85.0 cm³/mol. The number of hydrogen-bond donors (Lipinski definition) is 1. The van der Waals surface area contributed by atoms with Gasteiger partial charge in [0.25, 0.3) is 0 Å². The molecule has 1 aliphatic rings. The highest BCUT2D eigenvalue weighted by atomic mass is 35.5. The fourth-order valence-corrected chi connectivity index (χ4v) is 3.06. The average molecular weight is 301 g/mol. The third-order valence-corrected chi connectivity index (χ3v) is 3.87. The minimum absolute atomic E-state index is 0. The second-order valence-corrected chi connectivity index (χ2v) is 6.56. The standard InChI is InChI=1S/C16H25FN2.ClH/c1-12-5-6-13(17)11-14(12)15(16(2,3)4)19-9-7-18-8-10-19;/h5-6,11,15,18H,7-10H2,1-4H3;1H/t15-;/m1./s1. The van der Waals surface area contributed by atoms with Gasteiger partial charge in [0.2, 0.25) is 0 Å². The number of nitrogens with zero attached hydrogens (tertiary/aromatic N) is 1. The number of piperazine rings is 1. The van der Waals surface area contributed by atoms with Gasteiger partial charge in [-0.15, -0.1) is 12.4 Å². The second-order valence-electron chi connectivity index (χ2n) is 6.56. The van der Waals surface area contributed by atoms with Gasteiger partial charge < -0.3 is 5.32 Å². The van der Waals surface area contributed by atoms with Crippen molar-refractivity contribution in [3.8, 4) is 0 Å². The zero-order valence-corrected chi connectivity index (χ0v) is 13.7. The molecule has 0 amide bonds. The smallest absolute Gasteiger partial charge is 0.123 e. The highest BCUT2D eigenvalue weighted by Crippen LogP contribution is 2.39. The van der Waals surface area contributed by atoms with Crippen molar-refractivity contribution in [3.63, 3.8) is 0 Å². The largest absolute Gasteiger partial charge is 0.314 e. The van der Waals surface area contributed by atoms with Gasteiger partial charge in [0.1, 0.15) is 5.82 Å². The maximum Gasteiger partial charge on any atom is 0.123 e. The lowest BCUT2D eigenvalue weighted by molar-refractivity contribution is 0.0855. The Morgan fingerprint density at radius 3 is 2.35 bits per heavy atom. The highest BCUT2D eigenvalue weighted by molar-refractivity contribution is 5.85. The quantitative estimate of drug-likeness (QED) is 0.898. The molecular weight excluding hydrogens is 275 g/mol. The van der Waals surface area contributed by atoms with E-state index in [4.69, 9.17) is 0 Å². The van der Waals surface area contributed by atoms with E-state index in [1.165, 1.54) is 5.56 Å². The van der Waals surface area contributed by atoms with Gasteiger partial charge in [0, 0.05) is 32.2 Å². The van der Waals surface area contributed by atoms with Crippen LogP contribution in [0.15, 0.2) is 18.2 Å². The zero-order chi connectivity index (χ0) is 14.0. The third kappa shape index (κ3) is 3.94. The first kappa shape index (κ1) is 17.4. The van der Waals surface area contributed by atoms with Crippen LogP contribution in [0.2, 0.25) is 0 Å². The van der Waals surface area contributed by atoms with Gasteiger partial charge in [0.05, 0.1) is 0 Å².